The Bertz CT molecular complexity index is 591. The third kappa shape index (κ3) is 5.19. The molecule has 116 valence electrons. The van der Waals surface area contributed by atoms with Gasteiger partial charge in [-0.15, -0.1) is 0 Å². The van der Waals surface area contributed by atoms with Crippen LogP contribution in [0.2, 0.25) is 5.02 Å². The monoisotopic (exact) mass is 318 g/mol. The van der Waals surface area contributed by atoms with Gasteiger partial charge >= 0.3 is 0 Å². The molecule has 0 spiro atoms. The van der Waals surface area contributed by atoms with E-state index in [-0.39, 0.29) is 6.61 Å². The molecule has 3 nitrogen and oxygen atoms in total. The molecule has 0 saturated carbocycles. The number of aliphatic hydroxyl groups excluding tert-OH is 2. The van der Waals surface area contributed by atoms with Crippen LogP contribution in [0.15, 0.2) is 54.6 Å². The van der Waals surface area contributed by atoms with Crippen molar-refractivity contribution in [3.63, 3.8) is 0 Å². The van der Waals surface area contributed by atoms with Gasteiger partial charge in [0.15, 0.2) is 0 Å². The quantitative estimate of drug-likeness (QED) is 0.815. The summed E-state index contributed by atoms with van der Waals surface area (Å²) >= 11 is 5.83. The lowest BCUT2D eigenvalue weighted by Crippen LogP contribution is -2.01. The lowest BCUT2D eigenvalue weighted by atomic mass is 10.1. The first-order valence-electron chi connectivity index (χ1n) is 7.13. The summed E-state index contributed by atoms with van der Waals surface area (Å²) < 4.78 is 5.30. The number of aliphatic hydroxyl groups is 2. The lowest BCUT2D eigenvalue weighted by Gasteiger charge is -2.08. The summed E-state index contributed by atoms with van der Waals surface area (Å²) in [6.45, 7) is 0.298. The average molecular weight is 319 g/mol. The Morgan fingerprint density at radius 3 is 2.36 bits per heavy atom. The van der Waals surface area contributed by atoms with E-state index < -0.39 is 6.10 Å². The molecule has 4 heteroatoms. The first kappa shape index (κ1) is 16.6. The normalized spacial score (nSPS) is 12.5. The van der Waals surface area contributed by atoms with E-state index in [2.05, 4.69) is 0 Å². The van der Waals surface area contributed by atoms with Crippen LogP contribution in [0.3, 0.4) is 0 Å². The van der Waals surface area contributed by atoms with Gasteiger partial charge in [0.1, 0.15) is 12.4 Å². The van der Waals surface area contributed by atoms with E-state index in [9.17, 15) is 5.11 Å². The van der Waals surface area contributed by atoms with Gasteiger partial charge in [-0.05, 0) is 41.8 Å². The number of halogens is 1. The summed E-state index contributed by atoms with van der Waals surface area (Å²) in [6.07, 6.45) is 3.88. The molecule has 0 bridgehead atoms. The van der Waals surface area contributed by atoms with Gasteiger partial charge in [-0.25, -0.2) is 0 Å². The van der Waals surface area contributed by atoms with Crippen LogP contribution < -0.4 is 4.74 Å². The zero-order chi connectivity index (χ0) is 15.8. The maximum Gasteiger partial charge on any atom is 0.119 e. The van der Waals surface area contributed by atoms with Crippen molar-refractivity contribution in [3.05, 3.63) is 70.8 Å². The number of hydrogen-bond donors (Lipinski definition) is 2. The predicted molar refractivity (Wildman–Crippen MR) is 89.1 cm³/mol. The minimum atomic E-state index is -0.541. The van der Waals surface area contributed by atoms with Crippen molar-refractivity contribution in [1.29, 1.82) is 0 Å². The fraction of sp³-hybridized carbons (Fsp3) is 0.222. The van der Waals surface area contributed by atoms with Crippen LogP contribution in [-0.4, -0.2) is 23.4 Å². The molecule has 22 heavy (non-hydrogen) atoms. The van der Waals surface area contributed by atoms with E-state index in [0.717, 1.165) is 16.9 Å². The molecule has 2 N–H and O–H groups in total. The Balaban J connectivity index is 1.87. The second-order valence-corrected chi connectivity index (χ2v) is 5.28. The zero-order valence-corrected chi connectivity index (χ0v) is 12.9. The zero-order valence-electron chi connectivity index (χ0n) is 12.2. The van der Waals surface area contributed by atoms with Gasteiger partial charge in [0.25, 0.3) is 0 Å². The summed E-state index contributed by atoms with van der Waals surface area (Å²) in [5.74, 6) is 0.729. The molecule has 1 unspecified atom stereocenters. The number of hydrogen-bond acceptors (Lipinski definition) is 3. The lowest BCUT2D eigenvalue weighted by molar-refractivity contribution is 0.182. The predicted octanol–water partition coefficient (Wildman–Crippen LogP) is 3.85. The molecular formula is C18H19ClO3. The Morgan fingerprint density at radius 2 is 1.73 bits per heavy atom. The smallest absolute Gasteiger partial charge is 0.119 e. The fourth-order valence-corrected chi connectivity index (χ4v) is 2.12. The number of ether oxygens (including phenoxy) is 1. The topological polar surface area (TPSA) is 49.7 Å². The molecule has 0 aliphatic rings. The Morgan fingerprint density at radius 1 is 1.05 bits per heavy atom. The molecule has 2 aromatic rings. The molecular weight excluding hydrogens is 300 g/mol. The van der Waals surface area contributed by atoms with Gasteiger partial charge in [0.05, 0.1) is 12.7 Å². The summed E-state index contributed by atoms with van der Waals surface area (Å²) in [6, 6.07) is 14.8. The second kappa shape index (κ2) is 8.59. The minimum Gasteiger partial charge on any atom is -0.491 e. The first-order valence-corrected chi connectivity index (χ1v) is 7.50. The highest BCUT2D eigenvalue weighted by Gasteiger charge is 2.04. The van der Waals surface area contributed by atoms with Crippen molar-refractivity contribution in [2.75, 3.05) is 13.2 Å². The highest BCUT2D eigenvalue weighted by Crippen LogP contribution is 2.20. The second-order valence-electron chi connectivity index (χ2n) is 4.85. The van der Waals surface area contributed by atoms with Crippen LogP contribution in [0.5, 0.6) is 5.75 Å². The van der Waals surface area contributed by atoms with Gasteiger partial charge in [0.2, 0.25) is 0 Å². The van der Waals surface area contributed by atoms with Crippen molar-refractivity contribution in [2.45, 2.75) is 12.5 Å². The Hall–Kier alpha value is -1.81. The van der Waals surface area contributed by atoms with Crippen LogP contribution in [0.25, 0.3) is 6.08 Å². The van der Waals surface area contributed by atoms with Crippen LogP contribution in [0.4, 0.5) is 0 Å². The van der Waals surface area contributed by atoms with Gasteiger partial charge in [-0.2, -0.15) is 0 Å². The van der Waals surface area contributed by atoms with Crippen molar-refractivity contribution in [3.8, 4) is 5.75 Å². The first-order chi connectivity index (χ1) is 10.7. The van der Waals surface area contributed by atoms with Crippen molar-refractivity contribution >= 4 is 17.7 Å². The van der Waals surface area contributed by atoms with Crippen LogP contribution in [0, 0.1) is 0 Å². The number of benzene rings is 2. The maximum atomic E-state index is 10.1. The highest BCUT2D eigenvalue weighted by molar-refractivity contribution is 6.30. The Kier molecular flexibility index (Phi) is 6.46. The third-order valence-electron chi connectivity index (χ3n) is 3.16. The van der Waals surface area contributed by atoms with Gasteiger partial charge < -0.3 is 14.9 Å². The molecule has 0 aromatic heterocycles. The minimum absolute atomic E-state index is 0.00421. The van der Waals surface area contributed by atoms with E-state index >= 15 is 0 Å². The Labute approximate surface area is 135 Å². The third-order valence-corrected chi connectivity index (χ3v) is 3.42. The molecule has 2 rings (SSSR count). The van der Waals surface area contributed by atoms with Gasteiger partial charge in [-0.3, -0.25) is 0 Å². The van der Waals surface area contributed by atoms with Gasteiger partial charge in [-0.1, -0.05) is 48.0 Å². The fourth-order valence-electron chi connectivity index (χ4n) is 1.99. The molecule has 0 saturated heterocycles. The molecule has 0 aliphatic heterocycles. The van der Waals surface area contributed by atoms with Gasteiger partial charge in [0, 0.05) is 5.02 Å². The highest BCUT2D eigenvalue weighted by atomic mass is 35.5. The largest absolute Gasteiger partial charge is 0.491 e. The molecule has 1 atom stereocenters. The maximum absolute atomic E-state index is 10.1. The summed E-state index contributed by atoms with van der Waals surface area (Å²) in [7, 11) is 0. The van der Waals surface area contributed by atoms with E-state index in [1.165, 1.54) is 0 Å². The van der Waals surface area contributed by atoms with Crippen LogP contribution in [-0.2, 0) is 0 Å². The number of rotatable bonds is 7. The van der Waals surface area contributed by atoms with E-state index in [4.69, 9.17) is 21.4 Å². The summed E-state index contributed by atoms with van der Waals surface area (Å²) in [5, 5.41) is 19.4. The molecule has 2 aromatic carbocycles. The van der Waals surface area contributed by atoms with Crippen LogP contribution >= 0.6 is 11.6 Å². The van der Waals surface area contributed by atoms with Crippen LogP contribution in [0.1, 0.15) is 23.7 Å². The molecule has 0 heterocycles. The summed E-state index contributed by atoms with van der Waals surface area (Å²) in [4.78, 5) is 0. The van der Waals surface area contributed by atoms with E-state index in [1.807, 2.05) is 48.6 Å². The summed E-state index contributed by atoms with van der Waals surface area (Å²) in [5.41, 5.74) is 1.88. The van der Waals surface area contributed by atoms with Crippen molar-refractivity contribution in [2.24, 2.45) is 0 Å². The SMILES string of the molecule is OCCOc1ccc(C=CCC(O)c2ccc(Cl)cc2)cc1. The van der Waals surface area contributed by atoms with E-state index in [1.54, 1.807) is 12.1 Å². The van der Waals surface area contributed by atoms with E-state index in [0.29, 0.717) is 18.1 Å². The molecule has 0 radical (unpaired) electrons. The molecule has 0 aliphatic carbocycles. The standard InChI is InChI=1S/C18H19ClO3/c19-16-8-6-15(7-9-16)18(21)3-1-2-14-4-10-17(11-5-14)22-13-12-20/h1-2,4-11,18,20-21H,3,12-13H2. The average Bonchev–Trinajstić information content (AvgIpc) is 2.54. The van der Waals surface area contributed by atoms with Crippen molar-refractivity contribution < 1.29 is 14.9 Å². The van der Waals surface area contributed by atoms with Crippen molar-refractivity contribution in [1.82, 2.24) is 0 Å². The molecule has 0 fully saturated rings. The molecule has 0 amide bonds.